The number of rotatable bonds is 5. The van der Waals surface area contributed by atoms with Crippen molar-refractivity contribution in [1.29, 1.82) is 0 Å². The SMILES string of the molecule is CCC(C)N(C)c1nc(NN)nc(N2CCCCC2)n1. The van der Waals surface area contributed by atoms with Gasteiger partial charge in [-0.1, -0.05) is 6.92 Å². The lowest BCUT2D eigenvalue weighted by atomic mass is 10.1. The Hall–Kier alpha value is -1.63. The molecule has 7 heteroatoms. The van der Waals surface area contributed by atoms with Crippen LogP contribution in [0.2, 0.25) is 0 Å². The van der Waals surface area contributed by atoms with Gasteiger partial charge in [0.2, 0.25) is 17.8 Å². The minimum absolute atomic E-state index is 0.372. The Morgan fingerprint density at radius 2 is 1.95 bits per heavy atom. The molecule has 0 saturated carbocycles. The lowest BCUT2D eigenvalue weighted by Crippen LogP contribution is -2.34. The van der Waals surface area contributed by atoms with E-state index < -0.39 is 0 Å². The third kappa shape index (κ3) is 3.27. The Balaban J connectivity index is 2.27. The number of hydrazine groups is 1. The van der Waals surface area contributed by atoms with Crippen molar-refractivity contribution in [2.75, 3.05) is 35.4 Å². The van der Waals surface area contributed by atoms with Crippen LogP contribution in [0.5, 0.6) is 0 Å². The topological polar surface area (TPSA) is 83.2 Å². The average molecular weight is 279 g/mol. The summed E-state index contributed by atoms with van der Waals surface area (Å²) in [7, 11) is 2.00. The zero-order valence-electron chi connectivity index (χ0n) is 12.6. The van der Waals surface area contributed by atoms with E-state index in [1.54, 1.807) is 0 Å². The lowest BCUT2D eigenvalue weighted by molar-refractivity contribution is 0.566. The Labute approximate surface area is 120 Å². The second-order valence-electron chi connectivity index (χ2n) is 5.32. The Kier molecular flexibility index (Phi) is 4.94. The van der Waals surface area contributed by atoms with Crippen molar-refractivity contribution in [1.82, 2.24) is 15.0 Å². The van der Waals surface area contributed by atoms with E-state index in [1.807, 2.05) is 7.05 Å². The first kappa shape index (κ1) is 14.8. The molecule has 0 amide bonds. The third-order valence-electron chi connectivity index (χ3n) is 3.95. The standard InChI is InChI=1S/C13H25N7/c1-4-10(2)19(3)12-15-11(18-14)16-13(17-12)20-8-6-5-7-9-20/h10H,4-9,14H2,1-3H3,(H,15,16,17,18). The van der Waals surface area contributed by atoms with Gasteiger partial charge in [-0.25, -0.2) is 5.84 Å². The van der Waals surface area contributed by atoms with Crippen LogP contribution in [0.25, 0.3) is 0 Å². The average Bonchev–Trinajstić information content (AvgIpc) is 2.53. The molecule has 1 aromatic rings. The third-order valence-corrected chi connectivity index (χ3v) is 3.95. The summed E-state index contributed by atoms with van der Waals surface area (Å²) in [6.07, 6.45) is 4.69. The smallest absolute Gasteiger partial charge is 0.243 e. The van der Waals surface area contributed by atoms with Gasteiger partial charge in [-0.2, -0.15) is 15.0 Å². The van der Waals surface area contributed by atoms with Crippen molar-refractivity contribution in [3.05, 3.63) is 0 Å². The minimum atomic E-state index is 0.372. The zero-order chi connectivity index (χ0) is 14.5. The molecule has 3 N–H and O–H groups in total. The first-order valence-corrected chi connectivity index (χ1v) is 7.36. The zero-order valence-corrected chi connectivity index (χ0v) is 12.6. The van der Waals surface area contributed by atoms with Crippen LogP contribution in [-0.2, 0) is 0 Å². The Morgan fingerprint density at radius 1 is 1.25 bits per heavy atom. The molecule has 1 atom stereocenters. The molecule has 0 aromatic carbocycles. The van der Waals surface area contributed by atoms with Crippen LogP contribution in [0.4, 0.5) is 17.8 Å². The van der Waals surface area contributed by atoms with E-state index in [0.717, 1.165) is 25.5 Å². The normalized spacial score (nSPS) is 16.9. The number of piperidine rings is 1. The highest BCUT2D eigenvalue weighted by molar-refractivity contribution is 5.45. The van der Waals surface area contributed by atoms with E-state index in [9.17, 15) is 0 Å². The summed E-state index contributed by atoms with van der Waals surface area (Å²) in [5, 5.41) is 0. The van der Waals surface area contributed by atoms with Crippen LogP contribution in [-0.4, -0.2) is 41.1 Å². The van der Waals surface area contributed by atoms with Gasteiger partial charge in [0.1, 0.15) is 0 Å². The van der Waals surface area contributed by atoms with Crippen molar-refractivity contribution < 1.29 is 0 Å². The molecule has 20 heavy (non-hydrogen) atoms. The summed E-state index contributed by atoms with van der Waals surface area (Å²) < 4.78 is 0. The highest BCUT2D eigenvalue weighted by atomic mass is 15.4. The molecule has 2 heterocycles. The van der Waals surface area contributed by atoms with E-state index >= 15 is 0 Å². The molecule has 7 nitrogen and oxygen atoms in total. The maximum absolute atomic E-state index is 5.49. The molecular weight excluding hydrogens is 254 g/mol. The molecule has 1 aromatic heterocycles. The van der Waals surface area contributed by atoms with Gasteiger partial charge in [0.05, 0.1) is 0 Å². The maximum Gasteiger partial charge on any atom is 0.243 e. The summed E-state index contributed by atoms with van der Waals surface area (Å²) in [4.78, 5) is 17.6. The molecule has 0 spiro atoms. The fraction of sp³-hybridized carbons (Fsp3) is 0.769. The van der Waals surface area contributed by atoms with Gasteiger partial charge in [0.15, 0.2) is 0 Å². The van der Waals surface area contributed by atoms with Crippen LogP contribution in [0.1, 0.15) is 39.5 Å². The number of nitrogens with one attached hydrogen (secondary N) is 1. The largest absolute Gasteiger partial charge is 0.341 e. The van der Waals surface area contributed by atoms with Crippen molar-refractivity contribution in [2.45, 2.75) is 45.6 Å². The summed E-state index contributed by atoms with van der Waals surface area (Å²) in [5.74, 6) is 7.30. The first-order chi connectivity index (χ1) is 9.65. The first-order valence-electron chi connectivity index (χ1n) is 7.36. The maximum atomic E-state index is 5.49. The summed E-state index contributed by atoms with van der Waals surface area (Å²) in [6, 6.07) is 0.372. The molecule has 1 aliphatic heterocycles. The van der Waals surface area contributed by atoms with Crippen molar-refractivity contribution >= 4 is 17.8 Å². The molecule has 1 saturated heterocycles. The number of nitrogens with zero attached hydrogens (tertiary/aromatic N) is 5. The fourth-order valence-corrected chi connectivity index (χ4v) is 2.28. The van der Waals surface area contributed by atoms with Crippen LogP contribution in [0.15, 0.2) is 0 Å². The minimum Gasteiger partial charge on any atom is -0.341 e. The van der Waals surface area contributed by atoms with Crippen LogP contribution in [0, 0.1) is 0 Å². The van der Waals surface area contributed by atoms with E-state index in [1.165, 1.54) is 19.3 Å². The number of nitrogen functional groups attached to an aromatic ring is 1. The van der Waals surface area contributed by atoms with Crippen LogP contribution >= 0.6 is 0 Å². The fourth-order valence-electron chi connectivity index (χ4n) is 2.28. The number of hydrogen-bond acceptors (Lipinski definition) is 7. The molecule has 0 bridgehead atoms. The van der Waals surface area contributed by atoms with Crippen molar-refractivity contribution in [3.63, 3.8) is 0 Å². The number of hydrogen-bond donors (Lipinski definition) is 2. The van der Waals surface area contributed by atoms with E-state index in [-0.39, 0.29) is 0 Å². The van der Waals surface area contributed by atoms with Crippen LogP contribution < -0.4 is 21.1 Å². The molecule has 1 unspecified atom stereocenters. The lowest BCUT2D eigenvalue weighted by Gasteiger charge is -2.29. The van der Waals surface area contributed by atoms with Gasteiger partial charge >= 0.3 is 0 Å². The number of nitrogens with two attached hydrogens (primary N) is 1. The monoisotopic (exact) mass is 279 g/mol. The summed E-state index contributed by atoms with van der Waals surface area (Å²) in [5.41, 5.74) is 2.54. The molecule has 1 aliphatic rings. The van der Waals surface area contributed by atoms with Gasteiger partial charge in [0, 0.05) is 26.2 Å². The molecular formula is C13H25N7. The molecule has 2 rings (SSSR count). The van der Waals surface area contributed by atoms with Gasteiger partial charge < -0.3 is 9.80 Å². The molecule has 1 fully saturated rings. The predicted molar refractivity (Wildman–Crippen MR) is 81.9 cm³/mol. The van der Waals surface area contributed by atoms with Crippen molar-refractivity contribution in [2.24, 2.45) is 5.84 Å². The number of anilines is 3. The van der Waals surface area contributed by atoms with Gasteiger partial charge in [-0.15, -0.1) is 0 Å². The summed E-state index contributed by atoms with van der Waals surface area (Å²) >= 11 is 0. The van der Waals surface area contributed by atoms with Crippen LogP contribution in [0.3, 0.4) is 0 Å². The van der Waals surface area contributed by atoms with E-state index in [0.29, 0.717) is 17.9 Å². The van der Waals surface area contributed by atoms with E-state index in [2.05, 4.69) is 44.0 Å². The summed E-state index contributed by atoms with van der Waals surface area (Å²) in [6.45, 7) is 6.30. The Morgan fingerprint density at radius 3 is 2.55 bits per heavy atom. The van der Waals surface area contributed by atoms with Gasteiger partial charge in [-0.3, -0.25) is 5.43 Å². The highest BCUT2D eigenvalue weighted by Gasteiger charge is 2.18. The van der Waals surface area contributed by atoms with Crippen molar-refractivity contribution in [3.8, 4) is 0 Å². The molecule has 112 valence electrons. The molecule has 0 radical (unpaired) electrons. The quantitative estimate of drug-likeness (QED) is 0.622. The molecule has 0 aliphatic carbocycles. The van der Waals surface area contributed by atoms with Gasteiger partial charge in [-0.05, 0) is 32.6 Å². The number of aromatic nitrogens is 3. The van der Waals surface area contributed by atoms with Gasteiger partial charge in [0.25, 0.3) is 0 Å². The van der Waals surface area contributed by atoms with E-state index in [4.69, 9.17) is 5.84 Å². The second-order valence-corrected chi connectivity index (χ2v) is 5.32. The Bertz CT molecular complexity index is 410. The second kappa shape index (κ2) is 6.69. The predicted octanol–water partition coefficient (Wildman–Crippen LogP) is 1.38. The highest BCUT2D eigenvalue weighted by Crippen LogP contribution is 2.20.